The van der Waals surface area contributed by atoms with Gasteiger partial charge in [-0.05, 0) is 30.5 Å². The summed E-state index contributed by atoms with van der Waals surface area (Å²) in [6, 6.07) is 4.32. The van der Waals surface area contributed by atoms with Gasteiger partial charge in [-0.15, -0.1) is 0 Å². The van der Waals surface area contributed by atoms with Gasteiger partial charge in [0, 0.05) is 11.4 Å². The van der Waals surface area contributed by atoms with E-state index in [1.54, 1.807) is 6.07 Å². The average molecular weight is 201 g/mol. The van der Waals surface area contributed by atoms with Gasteiger partial charge in [-0.1, -0.05) is 17.7 Å². The minimum absolute atomic E-state index is 0.330. The molecule has 3 heteroatoms. The third kappa shape index (κ3) is 3.15. The Morgan fingerprint density at radius 1 is 1.46 bits per heavy atom. The first-order valence-electron chi connectivity index (χ1n) is 4.11. The molecule has 1 rings (SSSR count). The Bertz CT molecular complexity index is 299. The van der Waals surface area contributed by atoms with Crippen LogP contribution in [0.3, 0.4) is 0 Å². The van der Waals surface area contributed by atoms with Crippen LogP contribution in [0.5, 0.6) is 0 Å². The Morgan fingerprint density at radius 3 is 2.85 bits per heavy atom. The van der Waals surface area contributed by atoms with Crippen LogP contribution in [0.1, 0.15) is 18.4 Å². The lowest BCUT2D eigenvalue weighted by Gasteiger charge is -2.01. The lowest BCUT2D eigenvalue weighted by atomic mass is 10.1. The molecule has 0 N–H and O–H groups in total. The Morgan fingerprint density at radius 2 is 2.23 bits per heavy atom. The van der Waals surface area contributed by atoms with Gasteiger partial charge in [-0.2, -0.15) is 0 Å². The van der Waals surface area contributed by atoms with E-state index in [1.807, 2.05) is 0 Å². The lowest BCUT2D eigenvalue weighted by Crippen LogP contribution is -1.88. The van der Waals surface area contributed by atoms with Crippen molar-refractivity contribution in [1.82, 2.24) is 0 Å². The number of carbonyl (C=O) groups excluding carboxylic acids is 1. The van der Waals surface area contributed by atoms with Gasteiger partial charge in [0.25, 0.3) is 0 Å². The van der Waals surface area contributed by atoms with Crippen LogP contribution in [-0.4, -0.2) is 6.29 Å². The summed E-state index contributed by atoms with van der Waals surface area (Å²) in [5.74, 6) is -0.330. The van der Waals surface area contributed by atoms with E-state index < -0.39 is 0 Å². The maximum absolute atomic E-state index is 12.6. The first-order valence-corrected chi connectivity index (χ1v) is 4.49. The zero-order valence-corrected chi connectivity index (χ0v) is 7.85. The maximum Gasteiger partial charge on any atom is 0.124 e. The topological polar surface area (TPSA) is 17.1 Å². The molecule has 0 aromatic heterocycles. The molecular weight excluding hydrogens is 191 g/mol. The minimum atomic E-state index is -0.330. The van der Waals surface area contributed by atoms with Gasteiger partial charge < -0.3 is 4.79 Å². The second-order valence-electron chi connectivity index (χ2n) is 2.79. The maximum atomic E-state index is 12.6. The highest BCUT2D eigenvalue weighted by atomic mass is 35.5. The third-order valence-electron chi connectivity index (χ3n) is 1.78. The molecule has 0 spiro atoms. The summed E-state index contributed by atoms with van der Waals surface area (Å²) in [6.45, 7) is 0. The summed E-state index contributed by atoms with van der Waals surface area (Å²) >= 11 is 5.78. The number of aryl methyl sites for hydroxylation is 1. The summed E-state index contributed by atoms with van der Waals surface area (Å²) in [7, 11) is 0. The summed E-state index contributed by atoms with van der Waals surface area (Å²) < 4.78 is 12.6. The minimum Gasteiger partial charge on any atom is -0.303 e. The molecule has 1 aromatic carbocycles. The molecule has 0 amide bonds. The predicted octanol–water partition coefficient (Wildman–Crippen LogP) is 3.00. The van der Waals surface area contributed by atoms with E-state index in [0.29, 0.717) is 11.4 Å². The normalized spacial score (nSPS) is 10.0. The van der Waals surface area contributed by atoms with Crippen molar-refractivity contribution in [3.63, 3.8) is 0 Å². The number of halogens is 2. The summed E-state index contributed by atoms with van der Waals surface area (Å²) in [5.41, 5.74) is 0.893. The van der Waals surface area contributed by atoms with Gasteiger partial charge in [0.2, 0.25) is 0 Å². The Kier molecular flexibility index (Phi) is 3.90. The monoisotopic (exact) mass is 200 g/mol. The second kappa shape index (κ2) is 4.97. The fraction of sp³-hybridized carbons (Fsp3) is 0.300. The molecule has 0 aliphatic heterocycles. The Labute approximate surface area is 81.5 Å². The van der Waals surface area contributed by atoms with Crippen LogP contribution in [0, 0.1) is 5.82 Å². The van der Waals surface area contributed by atoms with Crippen molar-refractivity contribution in [3.05, 3.63) is 34.6 Å². The van der Waals surface area contributed by atoms with Gasteiger partial charge in [0.05, 0.1) is 0 Å². The van der Waals surface area contributed by atoms with E-state index in [2.05, 4.69) is 0 Å². The van der Waals surface area contributed by atoms with Crippen molar-refractivity contribution in [3.8, 4) is 0 Å². The van der Waals surface area contributed by atoms with Crippen LogP contribution in [0.4, 0.5) is 4.39 Å². The number of hydrogen-bond acceptors (Lipinski definition) is 1. The van der Waals surface area contributed by atoms with Crippen LogP contribution in [-0.2, 0) is 11.2 Å². The highest BCUT2D eigenvalue weighted by Crippen LogP contribution is 2.18. The van der Waals surface area contributed by atoms with Gasteiger partial charge >= 0.3 is 0 Å². The van der Waals surface area contributed by atoms with Crippen molar-refractivity contribution in [1.29, 1.82) is 0 Å². The van der Waals surface area contributed by atoms with Crippen LogP contribution in [0.15, 0.2) is 18.2 Å². The van der Waals surface area contributed by atoms with Crippen LogP contribution in [0.2, 0.25) is 5.02 Å². The van der Waals surface area contributed by atoms with Crippen molar-refractivity contribution in [2.24, 2.45) is 0 Å². The Hall–Kier alpha value is -0.890. The smallest absolute Gasteiger partial charge is 0.124 e. The predicted molar refractivity (Wildman–Crippen MR) is 50.4 cm³/mol. The molecule has 0 radical (unpaired) electrons. The molecule has 13 heavy (non-hydrogen) atoms. The number of hydrogen-bond donors (Lipinski definition) is 0. The molecule has 1 aromatic rings. The summed E-state index contributed by atoms with van der Waals surface area (Å²) in [5, 5.41) is 0.436. The first kappa shape index (κ1) is 10.2. The molecule has 0 atom stereocenters. The van der Waals surface area contributed by atoms with Crippen LogP contribution >= 0.6 is 11.6 Å². The van der Waals surface area contributed by atoms with Gasteiger partial charge in [0.15, 0.2) is 0 Å². The molecule has 0 bridgehead atoms. The molecule has 0 aliphatic rings. The van der Waals surface area contributed by atoms with Crippen molar-refractivity contribution in [2.45, 2.75) is 19.3 Å². The number of benzene rings is 1. The molecule has 0 unspecified atom stereocenters. The number of carbonyl (C=O) groups is 1. The molecular formula is C10H10ClFO. The van der Waals surface area contributed by atoms with E-state index in [0.717, 1.165) is 24.7 Å². The zero-order valence-electron chi connectivity index (χ0n) is 7.09. The highest BCUT2D eigenvalue weighted by molar-refractivity contribution is 6.31. The molecule has 0 saturated heterocycles. The van der Waals surface area contributed by atoms with Crippen LogP contribution in [0.25, 0.3) is 0 Å². The van der Waals surface area contributed by atoms with E-state index in [-0.39, 0.29) is 5.82 Å². The number of unbranched alkanes of at least 4 members (excludes halogenated alkanes) is 1. The van der Waals surface area contributed by atoms with E-state index in [4.69, 9.17) is 11.6 Å². The molecule has 0 heterocycles. The van der Waals surface area contributed by atoms with E-state index in [1.165, 1.54) is 12.1 Å². The standard InChI is InChI=1S/C10H10ClFO/c11-10-7-9(12)5-4-8(10)3-1-2-6-13/h4-7H,1-3H2. The largest absolute Gasteiger partial charge is 0.303 e. The fourth-order valence-corrected chi connectivity index (χ4v) is 1.36. The van der Waals surface area contributed by atoms with Crippen molar-refractivity contribution >= 4 is 17.9 Å². The molecule has 0 aliphatic carbocycles. The van der Waals surface area contributed by atoms with E-state index >= 15 is 0 Å². The van der Waals surface area contributed by atoms with Gasteiger partial charge in [-0.25, -0.2) is 4.39 Å². The highest BCUT2D eigenvalue weighted by Gasteiger charge is 2.00. The summed E-state index contributed by atoms with van der Waals surface area (Å²) in [4.78, 5) is 10.0. The quantitative estimate of drug-likeness (QED) is 0.540. The van der Waals surface area contributed by atoms with E-state index in [9.17, 15) is 9.18 Å². The fourth-order valence-electron chi connectivity index (χ4n) is 1.10. The van der Waals surface area contributed by atoms with Gasteiger partial charge in [0.1, 0.15) is 12.1 Å². The van der Waals surface area contributed by atoms with Crippen molar-refractivity contribution < 1.29 is 9.18 Å². The number of aldehydes is 1. The Balaban J connectivity index is 2.61. The molecule has 0 fully saturated rings. The second-order valence-corrected chi connectivity index (χ2v) is 3.20. The summed E-state index contributed by atoms with van der Waals surface area (Å²) in [6.07, 6.45) is 2.87. The van der Waals surface area contributed by atoms with Crippen molar-refractivity contribution in [2.75, 3.05) is 0 Å². The SMILES string of the molecule is O=CCCCc1ccc(F)cc1Cl. The number of rotatable bonds is 4. The zero-order chi connectivity index (χ0) is 9.68. The first-order chi connectivity index (χ1) is 6.24. The van der Waals surface area contributed by atoms with Crippen LogP contribution < -0.4 is 0 Å². The molecule has 0 saturated carbocycles. The average Bonchev–Trinajstić information content (AvgIpc) is 2.09. The molecule has 1 nitrogen and oxygen atoms in total. The molecule has 70 valence electrons. The van der Waals surface area contributed by atoms with Gasteiger partial charge in [-0.3, -0.25) is 0 Å². The lowest BCUT2D eigenvalue weighted by molar-refractivity contribution is -0.107. The third-order valence-corrected chi connectivity index (χ3v) is 2.14.